The van der Waals surface area contributed by atoms with E-state index in [1.807, 2.05) is 24.5 Å². The summed E-state index contributed by atoms with van der Waals surface area (Å²) in [4.78, 5) is 20.6. The number of hydrogen-bond acceptors (Lipinski definition) is 4. The average molecular weight is 803 g/mol. The summed E-state index contributed by atoms with van der Waals surface area (Å²) in [6.07, 6.45) is 3.76. The number of pyridine rings is 4. The van der Waals surface area contributed by atoms with Gasteiger partial charge in [-0.3, -0.25) is 9.97 Å². The Hall–Kier alpha value is -6.96. The molecule has 0 aliphatic heterocycles. The molecule has 282 valence electrons. The molecule has 0 bridgehead atoms. The fourth-order valence-corrected chi connectivity index (χ4v) is 13.3. The molecule has 0 radical (unpaired) electrons. The van der Waals surface area contributed by atoms with Crippen LogP contribution in [-0.2, 0) is 0 Å². The van der Waals surface area contributed by atoms with Crippen LogP contribution < -0.4 is 31.8 Å². The topological polar surface area (TPSA) is 51.6 Å². The van der Waals surface area contributed by atoms with E-state index >= 15 is 0 Å². The van der Waals surface area contributed by atoms with Crippen LogP contribution in [0.5, 0.6) is 0 Å². The molecule has 0 amide bonds. The molecule has 0 spiro atoms. The van der Waals surface area contributed by atoms with Gasteiger partial charge in [0.25, 0.3) is 0 Å². The molecule has 0 N–H and O–H groups in total. The van der Waals surface area contributed by atoms with Gasteiger partial charge in [-0.1, -0.05) is 164 Å². The third-order valence-electron chi connectivity index (χ3n) is 11.0. The molecule has 0 unspecified atom stereocenters. The third-order valence-corrected chi connectivity index (χ3v) is 16.0. The van der Waals surface area contributed by atoms with Crippen LogP contribution in [0.3, 0.4) is 0 Å². The van der Waals surface area contributed by atoms with Crippen LogP contribution in [0.25, 0.3) is 66.1 Å². The zero-order valence-electron chi connectivity index (χ0n) is 32.5. The molecular formula is C54H36N4P2. The lowest BCUT2D eigenvalue weighted by Crippen LogP contribution is -2.21. The summed E-state index contributed by atoms with van der Waals surface area (Å²) in [5.74, 6) is 0. The number of fused-ring (bicyclic) bond motifs is 6. The Morgan fingerprint density at radius 3 is 1.07 bits per heavy atom. The van der Waals surface area contributed by atoms with Gasteiger partial charge in [0, 0.05) is 45.1 Å². The highest BCUT2D eigenvalue weighted by Crippen LogP contribution is 2.40. The molecule has 0 saturated carbocycles. The van der Waals surface area contributed by atoms with E-state index < -0.39 is 15.8 Å². The number of benzene rings is 7. The number of nitrogens with zero attached hydrogens (tertiary/aromatic N) is 4. The van der Waals surface area contributed by atoms with Crippen LogP contribution in [-0.4, -0.2) is 19.9 Å². The van der Waals surface area contributed by atoms with E-state index in [0.29, 0.717) is 0 Å². The van der Waals surface area contributed by atoms with E-state index in [2.05, 4.69) is 194 Å². The molecule has 0 aliphatic carbocycles. The first-order chi connectivity index (χ1) is 29.8. The molecule has 0 fully saturated rings. The molecule has 0 atom stereocenters. The predicted molar refractivity (Wildman–Crippen MR) is 256 cm³/mol. The van der Waals surface area contributed by atoms with Crippen molar-refractivity contribution in [2.24, 2.45) is 0 Å². The average Bonchev–Trinajstić information content (AvgIpc) is 3.33. The number of hydrogen-bond donors (Lipinski definition) is 0. The van der Waals surface area contributed by atoms with Crippen LogP contribution in [0.4, 0.5) is 0 Å². The van der Waals surface area contributed by atoms with E-state index in [-0.39, 0.29) is 0 Å². The monoisotopic (exact) mass is 802 g/mol. The fraction of sp³-hybridized carbons (Fsp3) is 0. The normalized spacial score (nSPS) is 11.6. The summed E-state index contributed by atoms with van der Waals surface area (Å²) < 4.78 is 0. The van der Waals surface area contributed by atoms with Crippen LogP contribution in [0.15, 0.2) is 219 Å². The van der Waals surface area contributed by atoms with Crippen molar-refractivity contribution in [3.8, 4) is 22.5 Å². The fourth-order valence-electron chi connectivity index (χ4n) is 8.30. The highest BCUT2D eigenvalue weighted by atomic mass is 31.1. The summed E-state index contributed by atoms with van der Waals surface area (Å²) >= 11 is 0. The molecule has 0 aliphatic rings. The molecule has 11 aromatic rings. The van der Waals surface area contributed by atoms with Gasteiger partial charge in [-0.2, -0.15) is 0 Å². The maximum absolute atomic E-state index is 5.34. The molecule has 4 nitrogen and oxygen atoms in total. The summed E-state index contributed by atoms with van der Waals surface area (Å²) in [7, 11) is -1.66. The quantitative estimate of drug-likeness (QED) is 0.113. The lowest BCUT2D eigenvalue weighted by atomic mass is 10.0. The number of aromatic nitrogens is 4. The van der Waals surface area contributed by atoms with Crippen LogP contribution in [0.1, 0.15) is 0 Å². The van der Waals surface area contributed by atoms with E-state index in [1.54, 1.807) is 0 Å². The zero-order valence-corrected chi connectivity index (χ0v) is 34.3. The van der Waals surface area contributed by atoms with Gasteiger partial charge in [-0.05, 0) is 90.1 Å². The van der Waals surface area contributed by atoms with Crippen molar-refractivity contribution in [2.75, 3.05) is 0 Å². The Kier molecular flexibility index (Phi) is 9.43. The van der Waals surface area contributed by atoms with E-state index in [0.717, 1.165) is 66.1 Å². The van der Waals surface area contributed by atoms with Gasteiger partial charge in [-0.25, -0.2) is 9.97 Å². The van der Waals surface area contributed by atoms with Crippen molar-refractivity contribution >= 4 is 91.3 Å². The van der Waals surface area contributed by atoms with Crippen LogP contribution >= 0.6 is 15.8 Å². The first-order valence-corrected chi connectivity index (χ1v) is 22.7. The van der Waals surface area contributed by atoms with Crippen molar-refractivity contribution < 1.29 is 0 Å². The second-order valence-corrected chi connectivity index (χ2v) is 19.1. The predicted octanol–water partition coefficient (Wildman–Crippen LogP) is 10.7. The number of rotatable bonds is 8. The Balaban J connectivity index is 1.01. The van der Waals surface area contributed by atoms with Gasteiger partial charge < -0.3 is 0 Å². The largest absolute Gasteiger partial charge is 0.254 e. The van der Waals surface area contributed by atoms with Gasteiger partial charge in [0.1, 0.15) is 0 Å². The lowest BCUT2D eigenvalue weighted by Gasteiger charge is -2.22. The highest BCUT2D eigenvalue weighted by molar-refractivity contribution is 7.80. The first kappa shape index (κ1) is 36.1. The van der Waals surface area contributed by atoms with Crippen molar-refractivity contribution in [1.82, 2.24) is 19.9 Å². The van der Waals surface area contributed by atoms with Crippen molar-refractivity contribution in [1.29, 1.82) is 0 Å². The molecule has 4 heterocycles. The Morgan fingerprint density at radius 1 is 0.300 bits per heavy atom. The summed E-state index contributed by atoms with van der Waals surface area (Å²) in [6.45, 7) is 0. The minimum atomic E-state index is -0.830. The van der Waals surface area contributed by atoms with Gasteiger partial charge in [-0.15, -0.1) is 0 Å². The van der Waals surface area contributed by atoms with Gasteiger partial charge >= 0.3 is 0 Å². The molecular weight excluding hydrogens is 767 g/mol. The smallest absolute Gasteiger partial charge is 0.0972 e. The Morgan fingerprint density at radius 2 is 0.683 bits per heavy atom. The van der Waals surface area contributed by atoms with Gasteiger partial charge in [0.15, 0.2) is 0 Å². The minimum absolute atomic E-state index is 0.830. The standard InChI is InChI=1S/C54H36N4P2/c1-5-18-41(19-6-1)59(42-20-7-2-8-21-42)49-35-39-28-30-47(57-51(39)53-45(49)26-14-32-55-53)37-16-13-17-38(34-37)48-31-29-40-36-50(46-27-15-33-56-54(46)52(40)58-48)60(43-22-9-3-10-23-43)44-24-11-4-12-25-44/h1-36H. The van der Waals surface area contributed by atoms with E-state index in [1.165, 1.54) is 31.8 Å². The third kappa shape index (κ3) is 6.61. The first-order valence-electron chi connectivity index (χ1n) is 20.1. The maximum Gasteiger partial charge on any atom is 0.0972 e. The highest BCUT2D eigenvalue weighted by Gasteiger charge is 2.23. The van der Waals surface area contributed by atoms with Gasteiger partial charge in [0.05, 0.1) is 33.5 Å². The molecule has 11 rings (SSSR count). The van der Waals surface area contributed by atoms with E-state index in [9.17, 15) is 0 Å². The van der Waals surface area contributed by atoms with Crippen molar-refractivity contribution in [3.63, 3.8) is 0 Å². The summed E-state index contributed by atoms with van der Waals surface area (Å²) in [5, 5.41) is 12.2. The van der Waals surface area contributed by atoms with Gasteiger partial charge in [0.2, 0.25) is 0 Å². The second-order valence-electron chi connectivity index (χ2n) is 14.7. The second kappa shape index (κ2) is 15.7. The lowest BCUT2D eigenvalue weighted by molar-refractivity contribution is 1.36. The molecule has 4 aromatic heterocycles. The SMILES string of the molecule is c1ccc(P(c2ccccc2)c2cc3ccc(-c4cccc(-c5ccc6cc(P(c7ccccc7)c7ccccc7)c7cccnc7c6n5)c4)nc3c3ncccc23)cc1. The Bertz CT molecular complexity index is 3030. The zero-order chi connectivity index (χ0) is 39.8. The summed E-state index contributed by atoms with van der Waals surface area (Å²) in [5.41, 5.74) is 7.47. The van der Waals surface area contributed by atoms with Crippen LogP contribution in [0.2, 0.25) is 0 Å². The summed E-state index contributed by atoms with van der Waals surface area (Å²) in [6, 6.07) is 73.7. The van der Waals surface area contributed by atoms with Crippen molar-refractivity contribution in [2.45, 2.75) is 0 Å². The van der Waals surface area contributed by atoms with E-state index in [4.69, 9.17) is 19.9 Å². The molecule has 6 heteroatoms. The molecule has 60 heavy (non-hydrogen) atoms. The molecule has 0 saturated heterocycles. The minimum Gasteiger partial charge on any atom is -0.254 e. The maximum atomic E-state index is 5.34. The molecule has 7 aromatic carbocycles. The Labute approximate surface area is 350 Å². The van der Waals surface area contributed by atoms with Crippen molar-refractivity contribution in [3.05, 3.63) is 219 Å². The van der Waals surface area contributed by atoms with Crippen LogP contribution in [0, 0.1) is 0 Å².